The second-order valence-corrected chi connectivity index (χ2v) is 10.2. The molecule has 0 radical (unpaired) electrons. The topological polar surface area (TPSA) is 35.5 Å². The van der Waals surface area contributed by atoms with E-state index in [4.69, 9.17) is 9.47 Å². The Balaban J connectivity index is 1.46. The summed E-state index contributed by atoms with van der Waals surface area (Å²) >= 11 is 0. The molecule has 1 spiro atoms. The second-order valence-electron chi connectivity index (χ2n) is 10.2. The monoisotopic (exact) mass is 370 g/mol. The first-order valence-corrected chi connectivity index (χ1v) is 11.2. The SMILES string of the molecule is CCOC1=CC2=CCC3C(CCC4(C)C3CCC43CCC(=O)O3)C2(C)CC1. The van der Waals surface area contributed by atoms with E-state index in [1.807, 2.05) is 0 Å². The summed E-state index contributed by atoms with van der Waals surface area (Å²) in [6, 6.07) is 0. The van der Waals surface area contributed by atoms with Gasteiger partial charge in [-0.05, 0) is 86.7 Å². The molecule has 1 aliphatic heterocycles. The van der Waals surface area contributed by atoms with E-state index in [-0.39, 0.29) is 17.0 Å². The lowest BCUT2D eigenvalue weighted by atomic mass is 9.47. The zero-order valence-electron chi connectivity index (χ0n) is 17.2. The number of hydrogen-bond donors (Lipinski definition) is 0. The molecule has 0 bridgehead atoms. The van der Waals surface area contributed by atoms with Crippen LogP contribution in [0.4, 0.5) is 0 Å². The smallest absolute Gasteiger partial charge is 0.306 e. The minimum absolute atomic E-state index is 0.0395. The van der Waals surface area contributed by atoms with Crippen LogP contribution in [0.5, 0.6) is 0 Å². The average molecular weight is 371 g/mol. The van der Waals surface area contributed by atoms with Crippen molar-refractivity contribution in [2.75, 3.05) is 6.61 Å². The lowest BCUT2D eigenvalue weighted by molar-refractivity contribution is -0.167. The highest BCUT2D eigenvalue weighted by atomic mass is 16.6. The number of ether oxygens (including phenoxy) is 2. The van der Waals surface area contributed by atoms with Gasteiger partial charge in [0, 0.05) is 18.3 Å². The summed E-state index contributed by atoms with van der Waals surface area (Å²) in [6.07, 6.45) is 14.8. The minimum Gasteiger partial charge on any atom is -0.498 e. The average Bonchev–Trinajstić information content (AvgIpc) is 3.16. The molecule has 5 aliphatic rings. The van der Waals surface area contributed by atoms with E-state index in [1.165, 1.54) is 43.4 Å². The Bertz CT molecular complexity index is 721. The van der Waals surface area contributed by atoms with E-state index in [0.717, 1.165) is 37.7 Å². The zero-order chi connectivity index (χ0) is 18.9. The van der Waals surface area contributed by atoms with Gasteiger partial charge >= 0.3 is 5.97 Å². The summed E-state index contributed by atoms with van der Waals surface area (Å²) in [4.78, 5) is 12.0. The number of rotatable bonds is 2. The molecule has 0 aromatic heterocycles. The van der Waals surface area contributed by atoms with E-state index in [9.17, 15) is 4.79 Å². The maximum Gasteiger partial charge on any atom is 0.306 e. The van der Waals surface area contributed by atoms with Gasteiger partial charge in [-0.3, -0.25) is 4.79 Å². The molecule has 0 aromatic rings. The van der Waals surface area contributed by atoms with Crippen molar-refractivity contribution < 1.29 is 14.3 Å². The highest BCUT2D eigenvalue weighted by Crippen LogP contribution is 2.69. The van der Waals surface area contributed by atoms with Crippen LogP contribution in [0.2, 0.25) is 0 Å². The Morgan fingerprint density at radius 3 is 2.67 bits per heavy atom. The molecule has 0 amide bonds. The standard InChI is InChI=1S/C24H34O3/c1-4-26-17-7-11-22(2)16(15-17)5-6-18-19(22)8-12-23(3)20(18)9-13-24(23)14-10-21(25)27-24/h5,15,18-20H,4,6-14H2,1-3H3. The van der Waals surface area contributed by atoms with E-state index in [0.29, 0.717) is 17.8 Å². The van der Waals surface area contributed by atoms with E-state index < -0.39 is 0 Å². The van der Waals surface area contributed by atoms with Crippen LogP contribution >= 0.6 is 0 Å². The Labute approximate surface area is 163 Å². The summed E-state index contributed by atoms with van der Waals surface area (Å²) in [5.74, 6) is 3.44. The maximum atomic E-state index is 12.0. The summed E-state index contributed by atoms with van der Waals surface area (Å²) < 4.78 is 11.9. The quantitative estimate of drug-likeness (QED) is 0.597. The van der Waals surface area contributed by atoms with E-state index >= 15 is 0 Å². The number of allylic oxidation sites excluding steroid dienone is 4. The van der Waals surface area contributed by atoms with Gasteiger partial charge in [0.2, 0.25) is 0 Å². The van der Waals surface area contributed by atoms with Crippen LogP contribution in [-0.2, 0) is 14.3 Å². The molecule has 148 valence electrons. The zero-order valence-corrected chi connectivity index (χ0v) is 17.2. The number of fused-ring (bicyclic) bond motifs is 6. The summed E-state index contributed by atoms with van der Waals surface area (Å²) in [6.45, 7) is 7.81. The molecule has 3 fully saturated rings. The third-order valence-corrected chi connectivity index (χ3v) is 9.39. The molecule has 0 N–H and O–H groups in total. The Morgan fingerprint density at radius 1 is 1.11 bits per heavy atom. The van der Waals surface area contributed by atoms with E-state index in [1.54, 1.807) is 0 Å². The Hall–Kier alpha value is -1.25. The third kappa shape index (κ3) is 2.29. The molecule has 4 aliphatic carbocycles. The van der Waals surface area contributed by atoms with Gasteiger partial charge in [0.05, 0.1) is 12.4 Å². The maximum absolute atomic E-state index is 12.0. The van der Waals surface area contributed by atoms with Crippen molar-refractivity contribution >= 4 is 5.97 Å². The molecule has 6 unspecified atom stereocenters. The fourth-order valence-electron chi connectivity index (χ4n) is 7.89. The van der Waals surface area contributed by atoms with Gasteiger partial charge in [0.15, 0.2) is 0 Å². The van der Waals surface area contributed by atoms with Crippen molar-refractivity contribution in [3.05, 3.63) is 23.5 Å². The van der Waals surface area contributed by atoms with Crippen LogP contribution in [0.1, 0.15) is 78.6 Å². The van der Waals surface area contributed by atoms with Crippen molar-refractivity contribution in [3.63, 3.8) is 0 Å². The first-order valence-electron chi connectivity index (χ1n) is 11.2. The number of esters is 1. The fraction of sp³-hybridized carbons (Fsp3) is 0.792. The van der Waals surface area contributed by atoms with Gasteiger partial charge in [-0.1, -0.05) is 19.9 Å². The number of hydrogen-bond acceptors (Lipinski definition) is 3. The third-order valence-electron chi connectivity index (χ3n) is 9.39. The van der Waals surface area contributed by atoms with Gasteiger partial charge in [0.25, 0.3) is 0 Å². The van der Waals surface area contributed by atoms with Crippen LogP contribution in [0.25, 0.3) is 0 Å². The summed E-state index contributed by atoms with van der Waals surface area (Å²) in [5, 5.41) is 0. The van der Waals surface area contributed by atoms with Crippen molar-refractivity contribution in [2.24, 2.45) is 28.6 Å². The van der Waals surface area contributed by atoms with Crippen LogP contribution in [0.3, 0.4) is 0 Å². The highest BCUT2D eigenvalue weighted by Gasteiger charge is 2.66. The molecule has 3 nitrogen and oxygen atoms in total. The fourth-order valence-corrected chi connectivity index (χ4v) is 7.89. The van der Waals surface area contributed by atoms with Crippen molar-refractivity contribution in [3.8, 4) is 0 Å². The Morgan fingerprint density at radius 2 is 1.93 bits per heavy atom. The normalized spacial score (nSPS) is 48.3. The molecule has 5 rings (SSSR count). The molecule has 1 saturated heterocycles. The Kier molecular flexibility index (Phi) is 3.88. The lowest BCUT2D eigenvalue weighted by Gasteiger charge is -2.58. The minimum atomic E-state index is -0.154. The molecule has 0 aromatic carbocycles. The van der Waals surface area contributed by atoms with E-state index in [2.05, 4.69) is 32.9 Å². The summed E-state index contributed by atoms with van der Waals surface area (Å²) in [7, 11) is 0. The van der Waals surface area contributed by atoms with Crippen LogP contribution in [-0.4, -0.2) is 18.2 Å². The molecule has 1 heterocycles. The molecule has 2 saturated carbocycles. The lowest BCUT2D eigenvalue weighted by Crippen LogP contribution is -2.54. The van der Waals surface area contributed by atoms with Gasteiger partial charge < -0.3 is 9.47 Å². The molecular formula is C24H34O3. The van der Waals surface area contributed by atoms with Crippen LogP contribution in [0, 0.1) is 28.6 Å². The van der Waals surface area contributed by atoms with Crippen molar-refractivity contribution in [1.82, 2.24) is 0 Å². The molecule has 3 heteroatoms. The largest absolute Gasteiger partial charge is 0.498 e. The predicted octanol–water partition coefficient (Wildman–Crippen LogP) is 5.56. The summed E-state index contributed by atoms with van der Waals surface area (Å²) in [5.41, 5.74) is 1.86. The van der Waals surface area contributed by atoms with Crippen molar-refractivity contribution in [1.29, 1.82) is 0 Å². The van der Waals surface area contributed by atoms with Crippen LogP contribution in [0.15, 0.2) is 23.5 Å². The first-order chi connectivity index (χ1) is 12.9. The van der Waals surface area contributed by atoms with Gasteiger partial charge in [0.1, 0.15) is 5.60 Å². The molecule has 6 atom stereocenters. The number of carbonyl (C=O) groups is 1. The predicted molar refractivity (Wildman–Crippen MR) is 105 cm³/mol. The molecule has 27 heavy (non-hydrogen) atoms. The first kappa shape index (κ1) is 17.8. The van der Waals surface area contributed by atoms with Gasteiger partial charge in [-0.25, -0.2) is 0 Å². The number of carbonyl (C=O) groups excluding carboxylic acids is 1. The highest BCUT2D eigenvalue weighted by molar-refractivity contribution is 5.72. The second kappa shape index (κ2) is 5.87. The van der Waals surface area contributed by atoms with Gasteiger partial charge in [-0.15, -0.1) is 0 Å². The van der Waals surface area contributed by atoms with Gasteiger partial charge in [-0.2, -0.15) is 0 Å². The van der Waals surface area contributed by atoms with Crippen LogP contribution < -0.4 is 0 Å². The van der Waals surface area contributed by atoms with Crippen molar-refractivity contribution in [2.45, 2.75) is 84.2 Å². The molecular weight excluding hydrogens is 336 g/mol.